The standard InChI is InChI=1S/C17H23N3O2.CH2O2/c1-5-14-12(2)17(22-19-14)18-16(21)15(20(3)4)11-13-9-7-6-8-10-13;2-1-3/h6-10,15H,5,11H2,1-4H3,(H,18,21);1H,(H,2,3)/t15-;/m0./s1. The number of carbonyl (C=O) groups excluding carboxylic acids is 1. The van der Waals surface area contributed by atoms with E-state index in [2.05, 4.69) is 10.5 Å². The minimum atomic E-state index is -0.267. The summed E-state index contributed by atoms with van der Waals surface area (Å²) in [5, 5.41) is 13.7. The minimum absolute atomic E-state index is 0.0873. The predicted molar refractivity (Wildman–Crippen MR) is 95.6 cm³/mol. The van der Waals surface area contributed by atoms with Gasteiger partial charge in [-0.2, -0.15) is 0 Å². The zero-order valence-electron chi connectivity index (χ0n) is 15.0. The molecule has 7 nitrogen and oxygen atoms in total. The Morgan fingerprint density at radius 2 is 1.96 bits per heavy atom. The molecule has 136 valence electrons. The second kappa shape index (κ2) is 10.2. The average molecular weight is 347 g/mol. The van der Waals surface area contributed by atoms with Gasteiger partial charge in [-0.05, 0) is 39.4 Å². The molecule has 1 heterocycles. The topological polar surface area (TPSA) is 95.7 Å². The van der Waals surface area contributed by atoms with Gasteiger partial charge in [0.15, 0.2) is 0 Å². The molecule has 0 aliphatic rings. The van der Waals surface area contributed by atoms with Gasteiger partial charge in [-0.1, -0.05) is 42.4 Å². The molecule has 25 heavy (non-hydrogen) atoms. The highest BCUT2D eigenvalue weighted by atomic mass is 16.5. The van der Waals surface area contributed by atoms with Gasteiger partial charge in [-0.15, -0.1) is 0 Å². The summed E-state index contributed by atoms with van der Waals surface area (Å²) < 4.78 is 5.24. The summed E-state index contributed by atoms with van der Waals surface area (Å²) in [4.78, 5) is 22.8. The molecule has 7 heteroatoms. The Bertz CT molecular complexity index is 668. The van der Waals surface area contributed by atoms with Gasteiger partial charge in [0.05, 0.1) is 11.7 Å². The summed E-state index contributed by atoms with van der Waals surface area (Å²) in [5.41, 5.74) is 2.90. The van der Waals surface area contributed by atoms with Crippen LogP contribution in [0.3, 0.4) is 0 Å². The van der Waals surface area contributed by atoms with E-state index in [9.17, 15) is 4.79 Å². The highest BCUT2D eigenvalue weighted by Crippen LogP contribution is 2.19. The first kappa shape index (κ1) is 20.4. The quantitative estimate of drug-likeness (QED) is 0.779. The zero-order valence-corrected chi connectivity index (χ0v) is 15.0. The van der Waals surface area contributed by atoms with Crippen molar-refractivity contribution in [1.82, 2.24) is 10.1 Å². The first-order chi connectivity index (χ1) is 11.9. The maximum Gasteiger partial charge on any atom is 0.290 e. The fourth-order valence-electron chi connectivity index (χ4n) is 2.36. The molecule has 2 aromatic rings. The number of amides is 1. The predicted octanol–water partition coefficient (Wildman–Crippen LogP) is 2.36. The van der Waals surface area contributed by atoms with Crippen LogP contribution in [0.25, 0.3) is 0 Å². The first-order valence-electron chi connectivity index (χ1n) is 7.98. The smallest absolute Gasteiger partial charge is 0.290 e. The molecule has 1 aromatic heterocycles. The molecular weight excluding hydrogens is 322 g/mol. The number of hydrogen-bond acceptors (Lipinski definition) is 5. The molecule has 0 aliphatic carbocycles. The van der Waals surface area contributed by atoms with E-state index in [1.165, 1.54) is 0 Å². The third kappa shape index (κ3) is 6.04. The van der Waals surface area contributed by atoms with Crippen LogP contribution in [-0.2, 0) is 22.4 Å². The van der Waals surface area contributed by atoms with Gasteiger partial charge in [0.2, 0.25) is 11.8 Å². The van der Waals surface area contributed by atoms with Crippen LogP contribution in [0.5, 0.6) is 0 Å². The maximum absolute atomic E-state index is 12.6. The number of carbonyl (C=O) groups is 2. The molecule has 0 radical (unpaired) electrons. The van der Waals surface area contributed by atoms with Crippen LogP contribution in [-0.4, -0.2) is 47.7 Å². The molecule has 2 rings (SSSR count). The van der Waals surface area contributed by atoms with Crippen LogP contribution < -0.4 is 5.32 Å². The van der Waals surface area contributed by atoms with E-state index in [4.69, 9.17) is 14.4 Å². The van der Waals surface area contributed by atoms with E-state index < -0.39 is 0 Å². The van der Waals surface area contributed by atoms with Crippen LogP contribution >= 0.6 is 0 Å². The summed E-state index contributed by atoms with van der Waals surface area (Å²) in [7, 11) is 3.80. The van der Waals surface area contributed by atoms with Crippen molar-refractivity contribution in [2.45, 2.75) is 32.7 Å². The highest BCUT2D eigenvalue weighted by Gasteiger charge is 2.23. The summed E-state index contributed by atoms with van der Waals surface area (Å²) >= 11 is 0. The number of aryl methyl sites for hydroxylation is 1. The number of hydrogen-bond donors (Lipinski definition) is 2. The highest BCUT2D eigenvalue weighted by molar-refractivity contribution is 5.94. The molecular formula is C18H25N3O4. The molecule has 0 aliphatic heterocycles. The van der Waals surface area contributed by atoms with E-state index in [1.807, 2.05) is 63.2 Å². The lowest BCUT2D eigenvalue weighted by molar-refractivity contribution is -0.123. The van der Waals surface area contributed by atoms with Gasteiger partial charge in [-0.3, -0.25) is 19.8 Å². The second-order valence-electron chi connectivity index (χ2n) is 5.70. The average Bonchev–Trinajstić information content (AvgIpc) is 2.94. The molecule has 0 fully saturated rings. The van der Waals surface area contributed by atoms with Gasteiger partial charge >= 0.3 is 0 Å². The Kier molecular flexibility index (Phi) is 8.35. The Labute approximate surface area is 147 Å². The molecule has 0 unspecified atom stereocenters. The van der Waals surface area contributed by atoms with Crippen molar-refractivity contribution in [2.24, 2.45) is 0 Å². The van der Waals surface area contributed by atoms with Crippen molar-refractivity contribution in [3.05, 3.63) is 47.2 Å². The molecule has 0 saturated carbocycles. The van der Waals surface area contributed by atoms with Gasteiger partial charge < -0.3 is 9.63 Å². The van der Waals surface area contributed by atoms with E-state index in [-0.39, 0.29) is 18.4 Å². The number of aromatic nitrogens is 1. The number of benzene rings is 1. The lowest BCUT2D eigenvalue weighted by atomic mass is 10.0. The third-order valence-corrected chi connectivity index (χ3v) is 3.79. The summed E-state index contributed by atoms with van der Waals surface area (Å²) in [6.45, 7) is 3.67. The van der Waals surface area contributed by atoms with E-state index in [1.54, 1.807) is 0 Å². The van der Waals surface area contributed by atoms with E-state index >= 15 is 0 Å². The molecule has 0 spiro atoms. The summed E-state index contributed by atoms with van der Waals surface area (Å²) in [6, 6.07) is 9.72. The van der Waals surface area contributed by atoms with Gasteiger partial charge in [0.25, 0.3) is 6.47 Å². The Morgan fingerprint density at radius 3 is 2.44 bits per heavy atom. The van der Waals surface area contributed by atoms with Gasteiger partial charge in [0.1, 0.15) is 0 Å². The van der Waals surface area contributed by atoms with Crippen LogP contribution in [0.2, 0.25) is 0 Å². The SMILES string of the molecule is CCc1noc(NC(=O)[C@H](Cc2ccccc2)N(C)C)c1C.O=CO. The van der Waals surface area contributed by atoms with Crippen molar-refractivity contribution in [3.8, 4) is 0 Å². The molecule has 0 bridgehead atoms. The van der Waals surface area contributed by atoms with E-state index in [0.717, 1.165) is 23.2 Å². The monoisotopic (exact) mass is 347 g/mol. The van der Waals surface area contributed by atoms with Crippen LogP contribution in [0, 0.1) is 6.92 Å². The van der Waals surface area contributed by atoms with Crippen LogP contribution in [0.4, 0.5) is 5.88 Å². The minimum Gasteiger partial charge on any atom is -0.483 e. The molecule has 1 amide bonds. The van der Waals surface area contributed by atoms with Gasteiger partial charge in [0, 0.05) is 5.56 Å². The number of rotatable bonds is 6. The zero-order chi connectivity index (χ0) is 18.8. The summed E-state index contributed by atoms with van der Waals surface area (Å²) in [6.07, 6.45) is 1.43. The lowest BCUT2D eigenvalue weighted by Gasteiger charge is -2.23. The van der Waals surface area contributed by atoms with Crippen molar-refractivity contribution in [1.29, 1.82) is 0 Å². The Balaban J connectivity index is 0.000000970. The Hall–Kier alpha value is -2.67. The summed E-state index contributed by atoms with van der Waals surface area (Å²) in [5.74, 6) is 0.359. The Morgan fingerprint density at radius 1 is 1.36 bits per heavy atom. The molecule has 1 aromatic carbocycles. The number of nitrogens with zero attached hydrogens (tertiary/aromatic N) is 2. The molecule has 2 N–H and O–H groups in total. The van der Waals surface area contributed by atoms with Crippen molar-refractivity contribution >= 4 is 18.3 Å². The number of likely N-dealkylation sites (N-methyl/N-ethyl adjacent to an activating group) is 1. The largest absolute Gasteiger partial charge is 0.483 e. The number of carboxylic acid groups (broad SMARTS) is 1. The molecule has 1 atom stereocenters. The van der Waals surface area contributed by atoms with Crippen LogP contribution in [0.15, 0.2) is 34.9 Å². The van der Waals surface area contributed by atoms with Crippen LogP contribution in [0.1, 0.15) is 23.7 Å². The first-order valence-corrected chi connectivity index (χ1v) is 7.98. The molecule has 0 saturated heterocycles. The number of nitrogens with one attached hydrogen (secondary N) is 1. The lowest BCUT2D eigenvalue weighted by Crippen LogP contribution is -2.41. The fraction of sp³-hybridized carbons (Fsp3) is 0.389. The normalized spacial score (nSPS) is 11.4. The van der Waals surface area contributed by atoms with Crippen molar-refractivity contribution in [2.75, 3.05) is 19.4 Å². The third-order valence-electron chi connectivity index (χ3n) is 3.79. The fourth-order valence-corrected chi connectivity index (χ4v) is 2.36. The van der Waals surface area contributed by atoms with E-state index in [0.29, 0.717) is 12.3 Å². The van der Waals surface area contributed by atoms with Gasteiger partial charge in [-0.25, -0.2) is 0 Å². The van der Waals surface area contributed by atoms with Crippen molar-refractivity contribution < 1.29 is 19.2 Å². The van der Waals surface area contributed by atoms with Crippen molar-refractivity contribution in [3.63, 3.8) is 0 Å². The maximum atomic E-state index is 12.6. The number of anilines is 1. The second-order valence-corrected chi connectivity index (χ2v) is 5.70.